The first-order valence-corrected chi connectivity index (χ1v) is 10.2. The van der Waals surface area contributed by atoms with Crippen LogP contribution in [-0.2, 0) is 16.0 Å². The number of ether oxygens (including phenoxy) is 1. The predicted octanol–water partition coefficient (Wildman–Crippen LogP) is 3.22. The average Bonchev–Trinajstić information content (AvgIpc) is 2.86. The fourth-order valence-electron chi connectivity index (χ4n) is 3.87. The summed E-state index contributed by atoms with van der Waals surface area (Å²) in [4.78, 5) is 29.3. The van der Waals surface area contributed by atoms with Crippen molar-refractivity contribution in [3.63, 3.8) is 0 Å². The lowest BCUT2D eigenvalue weighted by atomic mass is 9.84. The number of carbonyl (C=O) groups excluding carboxylic acids is 2. The third-order valence-corrected chi connectivity index (χ3v) is 5.93. The molecule has 1 aliphatic carbocycles. The van der Waals surface area contributed by atoms with Crippen molar-refractivity contribution in [2.45, 2.75) is 51.9 Å². The van der Waals surface area contributed by atoms with E-state index >= 15 is 0 Å². The third kappa shape index (κ3) is 4.63. The molecule has 0 atom stereocenters. The quantitative estimate of drug-likeness (QED) is 0.797. The summed E-state index contributed by atoms with van der Waals surface area (Å²) < 4.78 is 5.46. The maximum absolute atomic E-state index is 12.9. The summed E-state index contributed by atoms with van der Waals surface area (Å²) in [6.45, 7) is 7.07. The molecule has 2 aliphatic rings. The highest BCUT2D eigenvalue weighted by molar-refractivity contribution is 5.81. The molecule has 1 aromatic rings. The molecule has 0 N–H and O–H groups in total. The van der Waals surface area contributed by atoms with Crippen molar-refractivity contribution >= 4 is 11.8 Å². The second-order valence-corrected chi connectivity index (χ2v) is 8.09. The molecular formula is C22H32N2O3. The van der Waals surface area contributed by atoms with Crippen LogP contribution >= 0.6 is 0 Å². The molecule has 5 heteroatoms. The van der Waals surface area contributed by atoms with Crippen LogP contribution < -0.4 is 4.74 Å². The van der Waals surface area contributed by atoms with E-state index in [0.717, 1.165) is 43.7 Å². The monoisotopic (exact) mass is 372 g/mol. The van der Waals surface area contributed by atoms with Crippen LogP contribution in [0.2, 0.25) is 0 Å². The molecule has 148 valence electrons. The van der Waals surface area contributed by atoms with E-state index in [2.05, 4.69) is 26.0 Å². The Balaban J connectivity index is 1.62. The first-order valence-electron chi connectivity index (χ1n) is 10.2. The summed E-state index contributed by atoms with van der Waals surface area (Å²) in [5.74, 6) is 1.82. The van der Waals surface area contributed by atoms with E-state index in [-0.39, 0.29) is 11.8 Å². The minimum atomic E-state index is 0.118. The van der Waals surface area contributed by atoms with Gasteiger partial charge in [-0.3, -0.25) is 9.59 Å². The van der Waals surface area contributed by atoms with Gasteiger partial charge in [0.05, 0.1) is 13.5 Å². The molecule has 2 amide bonds. The molecule has 1 aromatic carbocycles. The maximum atomic E-state index is 12.9. The maximum Gasteiger partial charge on any atom is 0.227 e. The Morgan fingerprint density at radius 2 is 1.78 bits per heavy atom. The molecule has 2 fully saturated rings. The minimum Gasteiger partial charge on any atom is -0.496 e. The van der Waals surface area contributed by atoms with Crippen molar-refractivity contribution in [1.82, 2.24) is 9.80 Å². The van der Waals surface area contributed by atoms with Crippen LogP contribution in [0.15, 0.2) is 18.2 Å². The summed E-state index contributed by atoms with van der Waals surface area (Å²) >= 11 is 0. The normalized spacial score (nSPS) is 18.2. The second-order valence-electron chi connectivity index (χ2n) is 8.09. The third-order valence-electron chi connectivity index (χ3n) is 5.93. The van der Waals surface area contributed by atoms with Gasteiger partial charge in [-0.05, 0) is 36.8 Å². The smallest absolute Gasteiger partial charge is 0.227 e. The molecule has 0 unspecified atom stereocenters. The molecule has 1 heterocycles. The Morgan fingerprint density at radius 1 is 1.07 bits per heavy atom. The Hall–Kier alpha value is -2.04. The van der Waals surface area contributed by atoms with Crippen LogP contribution in [0.1, 0.15) is 56.6 Å². The Morgan fingerprint density at radius 3 is 2.41 bits per heavy atom. The van der Waals surface area contributed by atoms with Gasteiger partial charge >= 0.3 is 0 Å². The van der Waals surface area contributed by atoms with Crippen LogP contribution in [0, 0.1) is 5.92 Å². The predicted molar refractivity (Wildman–Crippen MR) is 106 cm³/mol. The van der Waals surface area contributed by atoms with Gasteiger partial charge in [-0.25, -0.2) is 0 Å². The van der Waals surface area contributed by atoms with Crippen molar-refractivity contribution < 1.29 is 14.3 Å². The fourth-order valence-corrected chi connectivity index (χ4v) is 3.87. The fraction of sp³-hybridized carbons (Fsp3) is 0.636. The summed E-state index contributed by atoms with van der Waals surface area (Å²) in [6.07, 6.45) is 4.44. The van der Waals surface area contributed by atoms with Gasteiger partial charge in [0.25, 0.3) is 0 Å². The van der Waals surface area contributed by atoms with Gasteiger partial charge in [0.1, 0.15) is 5.75 Å². The lowest BCUT2D eigenvalue weighted by molar-refractivity contribution is -0.138. The van der Waals surface area contributed by atoms with E-state index in [1.165, 1.54) is 12.0 Å². The van der Waals surface area contributed by atoms with Crippen molar-refractivity contribution in [2.75, 3.05) is 33.3 Å². The molecule has 3 rings (SSSR count). The number of methoxy groups -OCH3 is 1. The Kier molecular flexibility index (Phi) is 6.40. The number of benzene rings is 1. The largest absolute Gasteiger partial charge is 0.496 e. The van der Waals surface area contributed by atoms with E-state index < -0.39 is 0 Å². The van der Waals surface area contributed by atoms with Gasteiger partial charge in [-0.2, -0.15) is 0 Å². The van der Waals surface area contributed by atoms with Gasteiger partial charge in [0.2, 0.25) is 11.8 Å². The zero-order valence-electron chi connectivity index (χ0n) is 16.9. The lowest BCUT2D eigenvalue weighted by Gasteiger charge is -2.31. The van der Waals surface area contributed by atoms with E-state index in [9.17, 15) is 9.59 Å². The topological polar surface area (TPSA) is 49.9 Å². The van der Waals surface area contributed by atoms with E-state index in [1.54, 1.807) is 7.11 Å². The Bertz CT molecular complexity index is 682. The summed E-state index contributed by atoms with van der Waals surface area (Å²) in [5, 5.41) is 0. The number of carbonyl (C=O) groups is 2. The zero-order valence-corrected chi connectivity index (χ0v) is 16.9. The van der Waals surface area contributed by atoms with Gasteiger partial charge in [0, 0.05) is 37.7 Å². The highest BCUT2D eigenvalue weighted by Gasteiger charge is 2.31. The van der Waals surface area contributed by atoms with E-state index in [0.29, 0.717) is 31.3 Å². The second kappa shape index (κ2) is 8.77. The van der Waals surface area contributed by atoms with Crippen LogP contribution in [0.5, 0.6) is 5.75 Å². The zero-order chi connectivity index (χ0) is 19.4. The van der Waals surface area contributed by atoms with Crippen LogP contribution in [-0.4, -0.2) is 54.9 Å². The molecule has 1 saturated carbocycles. The first kappa shape index (κ1) is 19.7. The highest BCUT2D eigenvalue weighted by Crippen LogP contribution is 2.29. The molecule has 0 bridgehead atoms. The standard InChI is InChI=1S/C22H32N2O3/c1-16(2)18-8-9-20(27-3)19(14-18)15-21(25)23-10-5-11-24(13-12-23)22(26)17-6-4-7-17/h8-9,14,16-17H,4-7,10-13,15H2,1-3H3. The van der Waals surface area contributed by atoms with Crippen molar-refractivity contribution in [2.24, 2.45) is 5.92 Å². The number of amides is 2. The number of hydrogen-bond donors (Lipinski definition) is 0. The van der Waals surface area contributed by atoms with Crippen LogP contribution in [0.3, 0.4) is 0 Å². The molecule has 0 spiro atoms. The molecule has 1 aliphatic heterocycles. The SMILES string of the molecule is COc1ccc(C(C)C)cc1CC(=O)N1CCCN(C(=O)C2CCC2)CC1. The van der Waals surface area contributed by atoms with Crippen molar-refractivity contribution in [3.05, 3.63) is 29.3 Å². The highest BCUT2D eigenvalue weighted by atomic mass is 16.5. The lowest BCUT2D eigenvalue weighted by Crippen LogP contribution is -2.41. The summed E-state index contributed by atoms with van der Waals surface area (Å²) in [7, 11) is 1.65. The van der Waals surface area contributed by atoms with Gasteiger partial charge < -0.3 is 14.5 Å². The number of nitrogens with zero attached hydrogens (tertiary/aromatic N) is 2. The Labute approximate surface area is 162 Å². The molecule has 27 heavy (non-hydrogen) atoms. The number of rotatable bonds is 5. The molecule has 5 nitrogen and oxygen atoms in total. The van der Waals surface area contributed by atoms with E-state index in [1.807, 2.05) is 15.9 Å². The molecule has 0 aromatic heterocycles. The van der Waals surface area contributed by atoms with Crippen LogP contribution in [0.25, 0.3) is 0 Å². The summed E-state index contributed by atoms with van der Waals surface area (Å²) in [5.41, 5.74) is 2.16. The number of hydrogen-bond acceptors (Lipinski definition) is 3. The van der Waals surface area contributed by atoms with Gasteiger partial charge in [-0.15, -0.1) is 0 Å². The van der Waals surface area contributed by atoms with Crippen LogP contribution in [0.4, 0.5) is 0 Å². The molecular weight excluding hydrogens is 340 g/mol. The first-order chi connectivity index (χ1) is 13.0. The van der Waals surface area contributed by atoms with Gasteiger partial charge in [-0.1, -0.05) is 32.4 Å². The summed E-state index contributed by atoms with van der Waals surface area (Å²) in [6, 6.07) is 6.11. The van der Waals surface area contributed by atoms with Crippen molar-refractivity contribution in [1.29, 1.82) is 0 Å². The van der Waals surface area contributed by atoms with Gasteiger partial charge in [0.15, 0.2) is 0 Å². The molecule has 0 radical (unpaired) electrons. The van der Waals surface area contributed by atoms with E-state index in [4.69, 9.17) is 4.74 Å². The molecule has 1 saturated heterocycles. The average molecular weight is 373 g/mol. The van der Waals surface area contributed by atoms with Crippen molar-refractivity contribution in [3.8, 4) is 5.75 Å². The minimum absolute atomic E-state index is 0.118.